The summed E-state index contributed by atoms with van der Waals surface area (Å²) in [6.45, 7) is 14.9. The quantitative estimate of drug-likeness (QED) is 0.244. The van der Waals surface area contributed by atoms with Crippen molar-refractivity contribution in [2.45, 2.75) is 70.7 Å². The molecular weight excluding hydrogens is 484 g/mol. The minimum atomic E-state index is -2.27. The first-order chi connectivity index (χ1) is 17.2. The van der Waals surface area contributed by atoms with Crippen LogP contribution in [0.3, 0.4) is 0 Å². The Bertz CT molecular complexity index is 1060. The summed E-state index contributed by atoms with van der Waals surface area (Å²) in [6, 6.07) is 15.1. The minimum absolute atomic E-state index is 0.0474. The first-order valence-corrected chi connectivity index (χ1v) is 15.7. The fourth-order valence-corrected chi connectivity index (χ4v) is 6.56. The smallest absolute Gasteiger partial charge is 0.316 e. The molecule has 1 aliphatic rings. The van der Waals surface area contributed by atoms with Crippen molar-refractivity contribution in [3.8, 4) is 11.5 Å². The number of hydrogen-bond donors (Lipinski definition) is 0. The zero-order valence-corrected chi connectivity index (χ0v) is 24.9. The summed E-state index contributed by atoms with van der Waals surface area (Å²) in [6.07, 6.45) is 0.0247. The van der Waals surface area contributed by atoms with Crippen LogP contribution in [0.2, 0.25) is 18.1 Å². The van der Waals surface area contributed by atoms with Gasteiger partial charge in [0, 0.05) is 5.41 Å². The molecule has 37 heavy (non-hydrogen) atoms. The predicted molar refractivity (Wildman–Crippen MR) is 148 cm³/mol. The average Bonchev–Trinajstić information content (AvgIpc) is 2.85. The van der Waals surface area contributed by atoms with E-state index >= 15 is 0 Å². The Balaban J connectivity index is 2.32. The molecule has 1 fully saturated rings. The Morgan fingerprint density at radius 2 is 1.30 bits per heavy atom. The molecule has 0 N–H and O–H groups in total. The second-order valence-electron chi connectivity index (χ2n) is 12.1. The van der Waals surface area contributed by atoms with Crippen LogP contribution in [0.4, 0.5) is 0 Å². The number of Topliss-reactive ketones (excluding diaryl/α,β-unsaturated/α-hetero) is 1. The Kier molecular flexibility index (Phi) is 8.02. The van der Waals surface area contributed by atoms with Crippen LogP contribution in [0.5, 0.6) is 11.5 Å². The van der Waals surface area contributed by atoms with Gasteiger partial charge < -0.3 is 18.6 Å². The van der Waals surface area contributed by atoms with E-state index in [1.165, 1.54) is 7.11 Å². The van der Waals surface area contributed by atoms with E-state index in [0.717, 1.165) is 11.1 Å². The van der Waals surface area contributed by atoms with E-state index in [-0.39, 0.29) is 16.9 Å². The van der Waals surface area contributed by atoms with Crippen molar-refractivity contribution < 1.29 is 28.2 Å². The number of rotatable bonds is 7. The van der Waals surface area contributed by atoms with Gasteiger partial charge in [0.15, 0.2) is 14.1 Å². The van der Waals surface area contributed by atoms with E-state index in [2.05, 4.69) is 33.9 Å². The molecule has 0 bridgehead atoms. The van der Waals surface area contributed by atoms with Gasteiger partial charge in [0.1, 0.15) is 17.4 Å². The van der Waals surface area contributed by atoms with Crippen LogP contribution >= 0.6 is 0 Å². The molecule has 0 aromatic heterocycles. The number of hydrogen-bond acceptors (Lipinski definition) is 6. The topological polar surface area (TPSA) is 71.1 Å². The third kappa shape index (κ3) is 5.08. The molecule has 2 atom stereocenters. The highest BCUT2D eigenvalue weighted by atomic mass is 28.4. The first-order valence-electron chi connectivity index (χ1n) is 12.7. The number of ketones is 1. The van der Waals surface area contributed by atoms with Crippen LogP contribution in [-0.4, -0.2) is 47.5 Å². The van der Waals surface area contributed by atoms with Gasteiger partial charge in [0.05, 0.1) is 32.8 Å². The lowest BCUT2D eigenvalue weighted by molar-refractivity contribution is -0.165. The van der Waals surface area contributed by atoms with E-state index in [9.17, 15) is 9.59 Å². The van der Waals surface area contributed by atoms with Gasteiger partial charge in [-0.15, -0.1) is 0 Å². The van der Waals surface area contributed by atoms with Crippen molar-refractivity contribution in [3.05, 3.63) is 59.7 Å². The number of carbonyl (C=O) groups excluding carboxylic acids is 2. The maximum absolute atomic E-state index is 14.7. The lowest BCUT2D eigenvalue weighted by atomic mass is 9.53. The summed E-state index contributed by atoms with van der Waals surface area (Å²) in [5, 5.41) is -0.0474. The summed E-state index contributed by atoms with van der Waals surface area (Å²) in [5.41, 5.74) is -0.323. The van der Waals surface area contributed by atoms with Crippen LogP contribution in [-0.2, 0) is 24.2 Å². The van der Waals surface area contributed by atoms with Gasteiger partial charge in [-0.2, -0.15) is 0 Å². The molecule has 202 valence electrons. The highest BCUT2D eigenvalue weighted by Crippen LogP contribution is 2.54. The molecule has 1 unspecified atom stereocenters. The van der Waals surface area contributed by atoms with E-state index in [1.54, 1.807) is 14.2 Å². The molecule has 3 rings (SSSR count). The Morgan fingerprint density at radius 3 is 1.65 bits per heavy atom. The summed E-state index contributed by atoms with van der Waals surface area (Å²) in [5.74, 6) is -0.350. The highest BCUT2D eigenvalue weighted by Gasteiger charge is 2.62. The maximum atomic E-state index is 14.7. The van der Waals surface area contributed by atoms with Crippen molar-refractivity contribution in [2.24, 2.45) is 11.3 Å². The molecule has 2 aromatic carbocycles. The minimum Gasteiger partial charge on any atom is -0.497 e. The molecule has 1 saturated carbocycles. The van der Waals surface area contributed by atoms with Crippen LogP contribution in [0, 0.1) is 11.3 Å². The van der Waals surface area contributed by atoms with E-state index < -0.39 is 31.0 Å². The Morgan fingerprint density at radius 1 is 0.865 bits per heavy atom. The SMILES string of the molecule is COC(=O)C1C(=O)C(c2ccc(OC)cc2)(c2ccc(OC)cc2)C[C@H](O[Si](C)(C)C(C)(C)C)C1(C)C. The third-order valence-corrected chi connectivity index (χ3v) is 13.1. The lowest BCUT2D eigenvalue weighted by Gasteiger charge is -2.54. The monoisotopic (exact) mass is 526 g/mol. The van der Waals surface area contributed by atoms with Crippen molar-refractivity contribution in [1.29, 1.82) is 0 Å². The normalized spacial score (nSPS) is 21.3. The maximum Gasteiger partial charge on any atom is 0.316 e. The average molecular weight is 527 g/mol. The molecule has 0 amide bonds. The summed E-state index contributed by atoms with van der Waals surface area (Å²) < 4.78 is 23.1. The predicted octanol–water partition coefficient (Wildman–Crippen LogP) is 6.17. The van der Waals surface area contributed by atoms with Crippen molar-refractivity contribution >= 4 is 20.1 Å². The largest absolute Gasteiger partial charge is 0.497 e. The summed E-state index contributed by atoms with van der Waals surface area (Å²) in [4.78, 5) is 28.0. The highest BCUT2D eigenvalue weighted by molar-refractivity contribution is 6.74. The van der Waals surface area contributed by atoms with Gasteiger partial charge in [0.2, 0.25) is 0 Å². The summed E-state index contributed by atoms with van der Waals surface area (Å²) >= 11 is 0. The second-order valence-corrected chi connectivity index (χ2v) is 16.8. The van der Waals surface area contributed by atoms with E-state index in [4.69, 9.17) is 18.6 Å². The molecule has 2 aromatic rings. The molecule has 6 nitrogen and oxygen atoms in total. The zero-order chi connectivity index (χ0) is 27.8. The van der Waals surface area contributed by atoms with E-state index in [1.807, 2.05) is 62.4 Å². The molecule has 1 aliphatic carbocycles. The van der Waals surface area contributed by atoms with Crippen molar-refractivity contribution in [3.63, 3.8) is 0 Å². The van der Waals surface area contributed by atoms with E-state index in [0.29, 0.717) is 17.9 Å². The number of esters is 1. The molecule has 0 spiro atoms. The number of methoxy groups -OCH3 is 3. The van der Waals surface area contributed by atoms with Crippen LogP contribution in [0.1, 0.15) is 52.2 Å². The molecule has 0 aliphatic heterocycles. The van der Waals surface area contributed by atoms with Crippen LogP contribution < -0.4 is 9.47 Å². The fraction of sp³-hybridized carbons (Fsp3) is 0.533. The van der Waals surface area contributed by atoms with Crippen molar-refractivity contribution in [2.75, 3.05) is 21.3 Å². The van der Waals surface area contributed by atoms with Crippen LogP contribution in [0.25, 0.3) is 0 Å². The molecule has 7 heteroatoms. The van der Waals surface area contributed by atoms with Gasteiger partial charge in [-0.05, 0) is 59.9 Å². The van der Waals surface area contributed by atoms with Crippen molar-refractivity contribution in [1.82, 2.24) is 0 Å². The number of benzene rings is 2. The van der Waals surface area contributed by atoms with Gasteiger partial charge in [-0.3, -0.25) is 9.59 Å². The lowest BCUT2D eigenvalue weighted by Crippen LogP contribution is -2.62. The Hall–Kier alpha value is -2.64. The molecular formula is C30H42O6Si. The fourth-order valence-electron chi connectivity index (χ4n) is 5.10. The molecule has 0 saturated heterocycles. The first kappa shape index (κ1) is 28.9. The Labute approximate surface area is 222 Å². The standard InChI is InChI=1S/C30H42O6Si/c1-28(2,3)37(9,10)36-24-19-30(20-11-15-22(33-6)16-12-20,21-13-17-23(34-7)18-14-21)26(31)25(27(32)35-8)29(24,4)5/h11-18,24-25H,19H2,1-10H3/t24-,25?/m0/s1. The van der Waals surface area contributed by atoms with Crippen LogP contribution in [0.15, 0.2) is 48.5 Å². The number of carbonyl (C=O) groups is 2. The number of ether oxygens (including phenoxy) is 3. The zero-order valence-electron chi connectivity index (χ0n) is 23.9. The molecule has 0 radical (unpaired) electrons. The van der Waals surface area contributed by atoms with Gasteiger partial charge in [0.25, 0.3) is 0 Å². The van der Waals surface area contributed by atoms with Gasteiger partial charge in [-0.25, -0.2) is 0 Å². The molecule has 0 heterocycles. The third-order valence-electron chi connectivity index (χ3n) is 8.59. The summed E-state index contributed by atoms with van der Waals surface area (Å²) in [7, 11) is 2.28. The van der Waals surface area contributed by atoms with Gasteiger partial charge >= 0.3 is 5.97 Å². The second kappa shape index (κ2) is 10.3. The van der Waals surface area contributed by atoms with Gasteiger partial charge in [-0.1, -0.05) is 58.9 Å².